The normalized spacial score (nSPS) is 33.1. The van der Waals surface area contributed by atoms with Crippen molar-refractivity contribution in [1.29, 1.82) is 0 Å². The van der Waals surface area contributed by atoms with Crippen molar-refractivity contribution in [3.63, 3.8) is 0 Å². The van der Waals surface area contributed by atoms with E-state index >= 15 is 8.78 Å². The first-order chi connectivity index (χ1) is 22.0. The molecule has 11 nitrogen and oxygen atoms in total. The van der Waals surface area contributed by atoms with Crippen molar-refractivity contribution in [1.82, 2.24) is 5.32 Å². The number of carbonyl (C=O) groups excluding carboxylic acids is 1. The molecule has 1 amide bonds. The Labute approximate surface area is 268 Å². The van der Waals surface area contributed by atoms with Crippen LogP contribution in [0.15, 0.2) is 59.7 Å². The molecule has 3 fully saturated rings. The summed E-state index contributed by atoms with van der Waals surface area (Å²) < 4.78 is 57.4. The van der Waals surface area contributed by atoms with Crippen LogP contribution in [0.25, 0.3) is 6.08 Å². The number of fused-ring (bicyclic) bond motifs is 1. The average Bonchev–Trinajstić information content (AvgIpc) is 3.63. The molecule has 3 aliphatic rings. The molecular weight excluding hydrogens is 632 g/mol. The van der Waals surface area contributed by atoms with Crippen molar-refractivity contribution in [2.75, 3.05) is 13.4 Å². The molecule has 1 aliphatic carbocycles. The molecule has 2 aromatic carbocycles. The Morgan fingerprint density at radius 2 is 1.80 bits per heavy atom. The number of aliphatic hydroxyl groups excluding tert-OH is 4. The molecule has 0 unspecified atom stereocenters. The minimum atomic E-state index is -1.97. The summed E-state index contributed by atoms with van der Waals surface area (Å²) in [5.41, 5.74) is 0.928. The van der Waals surface area contributed by atoms with E-state index in [0.29, 0.717) is 22.8 Å². The predicted molar refractivity (Wildman–Crippen MR) is 160 cm³/mol. The minimum absolute atomic E-state index is 0.0970. The summed E-state index contributed by atoms with van der Waals surface area (Å²) in [6.07, 6.45) is -8.85. The number of rotatable bonds is 10. The van der Waals surface area contributed by atoms with Crippen LogP contribution in [0, 0.1) is 5.82 Å². The number of benzene rings is 2. The van der Waals surface area contributed by atoms with Crippen molar-refractivity contribution in [3.05, 3.63) is 76.1 Å². The van der Waals surface area contributed by atoms with Crippen molar-refractivity contribution in [2.24, 2.45) is 0 Å². The van der Waals surface area contributed by atoms with Crippen LogP contribution in [0.3, 0.4) is 0 Å². The Bertz CT molecular complexity index is 1460. The van der Waals surface area contributed by atoms with E-state index in [0.717, 1.165) is 6.07 Å². The standard InChI is InChI=1S/C32H36ClF2NO10/c1-3-17(9-10-42-19-6-4-5-18(33)13-19)28-24(37)22(35)32(46-28)45-21-8-7-16(12-20(21)34)11-15(2)31(41)36-23-25(38)27(40)30-29(26(23)39)43-14-44-30/h4-9,11-13,22-30,32,37-40H,3,10,14H2,1-2H3,(H,36,41)/b15-11+,17-9+/t22-,23+,24-,25-,26+,27+,28+,29-,30+,32+/m0/s1. The highest BCUT2D eigenvalue weighted by Crippen LogP contribution is 2.33. The molecule has 0 radical (unpaired) electrons. The zero-order valence-corrected chi connectivity index (χ0v) is 25.7. The van der Waals surface area contributed by atoms with Crippen LogP contribution in [-0.2, 0) is 19.0 Å². The SMILES string of the molecule is CC/C(=C\COc1cccc(Cl)c1)[C@H]1O[C@@H](Oc2ccc(/C=C(\C)C(=O)N[C@@H]3[C@H](O)[C@@H](O)[C@H]4OCO[C@H]4[C@@H]3O)cc2F)[C@@H](F)[C@@H]1O. The highest BCUT2D eigenvalue weighted by molar-refractivity contribution is 6.30. The van der Waals surface area contributed by atoms with Gasteiger partial charge in [-0.2, -0.15) is 0 Å². The van der Waals surface area contributed by atoms with E-state index < -0.39 is 73.0 Å². The molecule has 2 saturated heterocycles. The Hall–Kier alpha value is -3.14. The lowest BCUT2D eigenvalue weighted by molar-refractivity contribution is -0.155. The van der Waals surface area contributed by atoms with Gasteiger partial charge in [-0.25, -0.2) is 8.78 Å². The van der Waals surface area contributed by atoms with Gasteiger partial charge in [0, 0.05) is 10.6 Å². The second-order valence-electron chi connectivity index (χ2n) is 11.2. The highest BCUT2D eigenvalue weighted by Gasteiger charge is 2.53. The lowest BCUT2D eigenvalue weighted by atomic mass is 9.83. The van der Waals surface area contributed by atoms with E-state index in [1.54, 1.807) is 30.3 Å². The first-order valence-corrected chi connectivity index (χ1v) is 15.1. The van der Waals surface area contributed by atoms with Gasteiger partial charge < -0.3 is 49.4 Å². The maximum absolute atomic E-state index is 15.0. The quantitative estimate of drug-likeness (QED) is 0.188. The van der Waals surface area contributed by atoms with Crippen LogP contribution >= 0.6 is 11.6 Å². The second kappa shape index (κ2) is 14.7. The maximum Gasteiger partial charge on any atom is 0.247 e. The van der Waals surface area contributed by atoms with Crippen molar-refractivity contribution in [3.8, 4) is 11.5 Å². The number of hydrogen-bond donors (Lipinski definition) is 5. The third-order valence-corrected chi connectivity index (χ3v) is 8.42. The molecule has 2 aromatic rings. The number of hydrogen-bond acceptors (Lipinski definition) is 10. The summed E-state index contributed by atoms with van der Waals surface area (Å²) in [6.45, 7) is 3.20. The van der Waals surface area contributed by atoms with Gasteiger partial charge in [0.25, 0.3) is 0 Å². The zero-order valence-electron chi connectivity index (χ0n) is 25.0. The van der Waals surface area contributed by atoms with Gasteiger partial charge in [0.2, 0.25) is 12.2 Å². The number of halogens is 3. The van der Waals surface area contributed by atoms with E-state index in [9.17, 15) is 25.2 Å². The van der Waals surface area contributed by atoms with Crippen LogP contribution in [-0.4, -0.2) is 101 Å². The summed E-state index contributed by atoms with van der Waals surface area (Å²) in [6, 6.07) is 9.30. The summed E-state index contributed by atoms with van der Waals surface area (Å²) >= 11 is 5.97. The predicted octanol–water partition coefficient (Wildman–Crippen LogP) is 2.42. The molecule has 10 atom stereocenters. The van der Waals surface area contributed by atoms with Crippen LogP contribution in [0.4, 0.5) is 8.78 Å². The smallest absolute Gasteiger partial charge is 0.247 e. The van der Waals surface area contributed by atoms with Crippen LogP contribution in [0.2, 0.25) is 5.02 Å². The zero-order chi connectivity index (χ0) is 33.1. The Morgan fingerprint density at radius 3 is 2.50 bits per heavy atom. The molecule has 250 valence electrons. The van der Waals surface area contributed by atoms with Gasteiger partial charge in [-0.15, -0.1) is 0 Å². The van der Waals surface area contributed by atoms with Crippen LogP contribution in [0.1, 0.15) is 25.8 Å². The molecule has 46 heavy (non-hydrogen) atoms. The number of carbonyl (C=O) groups is 1. The van der Waals surface area contributed by atoms with Gasteiger partial charge >= 0.3 is 0 Å². The molecule has 0 bridgehead atoms. The van der Waals surface area contributed by atoms with Gasteiger partial charge in [-0.1, -0.05) is 30.7 Å². The van der Waals surface area contributed by atoms with Gasteiger partial charge in [0.05, 0.1) is 6.04 Å². The fourth-order valence-corrected chi connectivity index (χ4v) is 5.84. The number of nitrogens with one attached hydrogen (secondary N) is 1. The molecule has 14 heteroatoms. The third-order valence-electron chi connectivity index (χ3n) is 8.18. The lowest BCUT2D eigenvalue weighted by Gasteiger charge is -2.41. The van der Waals surface area contributed by atoms with Gasteiger partial charge in [-0.3, -0.25) is 4.79 Å². The van der Waals surface area contributed by atoms with Gasteiger partial charge in [0.1, 0.15) is 61.9 Å². The summed E-state index contributed by atoms with van der Waals surface area (Å²) in [5, 5.41) is 44.9. The van der Waals surface area contributed by atoms with Crippen molar-refractivity contribution >= 4 is 23.6 Å². The minimum Gasteiger partial charge on any atom is -0.489 e. The summed E-state index contributed by atoms with van der Waals surface area (Å²) in [5.74, 6) is -1.36. The fraction of sp³-hybridized carbons (Fsp3) is 0.469. The molecule has 1 saturated carbocycles. The fourth-order valence-electron chi connectivity index (χ4n) is 5.66. The highest BCUT2D eigenvalue weighted by atomic mass is 35.5. The lowest BCUT2D eigenvalue weighted by Crippen LogP contribution is -2.67. The molecule has 5 rings (SSSR count). The van der Waals surface area contributed by atoms with Gasteiger partial charge in [0.15, 0.2) is 17.7 Å². The van der Waals surface area contributed by atoms with E-state index in [1.165, 1.54) is 25.1 Å². The number of aliphatic hydroxyl groups is 4. The molecule has 0 aromatic heterocycles. The number of alkyl halides is 1. The second-order valence-corrected chi connectivity index (χ2v) is 11.7. The van der Waals surface area contributed by atoms with Crippen LogP contribution in [0.5, 0.6) is 11.5 Å². The van der Waals surface area contributed by atoms with E-state index in [4.69, 9.17) is 35.3 Å². The Balaban J connectivity index is 1.19. The number of ether oxygens (including phenoxy) is 5. The number of amides is 1. The molecular formula is C32H36ClF2NO10. The molecule has 2 heterocycles. The summed E-state index contributed by atoms with van der Waals surface area (Å²) in [4.78, 5) is 12.8. The molecule has 5 N–H and O–H groups in total. The summed E-state index contributed by atoms with van der Waals surface area (Å²) in [7, 11) is 0. The first-order valence-electron chi connectivity index (χ1n) is 14.8. The first kappa shape index (κ1) is 34.2. The largest absolute Gasteiger partial charge is 0.489 e. The van der Waals surface area contributed by atoms with E-state index in [1.807, 2.05) is 6.92 Å². The Morgan fingerprint density at radius 1 is 1.07 bits per heavy atom. The van der Waals surface area contributed by atoms with Crippen molar-refractivity contribution in [2.45, 2.75) is 81.5 Å². The third kappa shape index (κ3) is 7.37. The van der Waals surface area contributed by atoms with Crippen LogP contribution < -0.4 is 14.8 Å². The average molecular weight is 668 g/mol. The Kier molecular flexibility index (Phi) is 11.0. The van der Waals surface area contributed by atoms with Gasteiger partial charge in [-0.05, 0) is 67.0 Å². The van der Waals surface area contributed by atoms with E-state index in [2.05, 4.69) is 5.32 Å². The van der Waals surface area contributed by atoms with E-state index in [-0.39, 0.29) is 30.3 Å². The topological polar surface area (TPSA) is 156 Å². The maximum atomic E-state index is 15.0. The molecule has 2 aliphatic heterocycles. The molecule has 0 spiro atoms. The van der Waals surface area contributed by atoms with Crippen molar-refractivity contribution < 1.29 is 57.7 Å². The monoisotopic (exact) mass is 667 g/mol.